The van der Waals surface area contributed by atoms with Gasteiger partial charge in [0.15, 0.2) is 0 Å². The second-order valence-corrected chi connectivity index (χ2v) is 10.1. The van der Waals surface area contributed by atoms with Crippen molar-refractivity contribution in [2.45, 2.75) is 39.0 Å². The Labute approximate surface area is 227 Å². The smallest absolute Gasteiger partial charge is 0.338 e. The van der Waals surface area contributed by atoms with E-state index in [1.807, 2.05) is 47.8 Å². The molecule has 2 heterocycles. The second kappa shape index (κ2) is 13.7. The Morgan fingerprint density at radius 1 is 1.00 bits per heavy atom. The van der Waals surface area contributed by atoms with Crippen molar-refractivity contribution in [3.05, 3.63) is 88.1 Å². The number of amides is 3. The van der Waals surface area contributed by atoms with Crippen LogP contribution in [-0.2, 0) is 27.4 Å². The Kier molecular flexibility index (Phi) is 9.89. The van der Waals surface area contributed by atoms with Gasteiger partial charge in [-0.25, -0.2) is 9.59 Å². The molecule has 8 nitrogen and oxygen atoms in total. The first-order valence-corrected chi connectivity index (χ1v) is 13.7. The number of hydrogen-bond acceptors (Lipinski definition) is 6. The van der Waals surface area contributed by atoms with Gasteiger partial charge in [0.25, 0.3) is 0 Å². The van der Waals surface area contributed by atoms with E-state index < -0.39 is 12.0 Å². The molecule has 1 aromatic heterocycles. The normalized spacial score (nSPS) is 14.6. The van der Waals surface area contributed by atoms with Gasteiger partial charge in [-0.1, -0.05) is 36.4 Å². The minimum Gasteiger partial charge on any atom is -0.462 e. The van der Waals surface area contributed by atoms with Crippen molar-refractivity contribution < 1.29 is 23.9 Å². The quantitative estimate of drug-likeness (QED) is 0.343. The monoisotopic (exact) mass is 535 g/mol. The van der Waals surface area contributed by atoms with Crippen LogP contribution in [-0.4, -0.2) is 60.1 Å². The van der Waals surface area contributed by atoms with Crippen LogP contribution in [0.3, 0.4) is 0 Å². The summed E-state index contributed by atoms with van der Waals surface area (Å²) in [6, 6.07) is 19.9. The van der Waals surface area contributed by atoms with Crippen molar-refractivity contribution in [1.82, 2.24) is 9.80 Å². The number of hydrogen-bond donors (Lipinski definition) is 1. The van der Waals surface area contributed by atoms with E-state index in [0.717, 1.165) is 23.3 Å². The summed E-state index contributed by atoms with van der Waals surface area (Å²) in [7, 11) is 0. The Hall–Kier alpha value is -3.69. The van der Waals surface area contributed by atoms with Gasteiger partial charge in [-0.3, -0.25) is 4.79 Å². The topological polar surface area (TPSA) is 88.2 Å². The van der Waals surface area contributed by atoms with E-state index in [1.165, 1.54) is 4.90 Å². The van der Waals surface area contributed by atoms with E-state index in [1.54, 1.807) is 47.4 Å². The zero-order chi connectivity index (χ0) is 26.7. The van der Waals surface area contributed by atoms with Crippen LogP contribution in [0.1, 0.15) is 40.6 Å². The highest BCUT2D eigenvalue weighted by Crippen LogP contribution is 2.18. The van der Waals surface area contributed by atoms with Crippen LogP contribution in [0.25, 0.3) is 0 Å². The Bertz CT molecular complexity index is 1180. The molecule has 1 unspecified atom stereocenters. The number of anilines is 1. The van der Waals surface area contributed by atoms with Gasteiger partial charge >= 0.3 is 12.0 Å². The molecule has 0 saturated carbocycles. The molecule has 4 rings (SSSR count). The number of thiophene rings is 1. The van der Waals surface area contributed by atoms with Gasteiger partial charge in [-0.05, 0) is 61.0 Å². The molecule has 1 aliphatic rings. The van der Waals surface area contributed by atoms with Crippen molar-refractivity contribution in [1.29, 1.82) is 0 Å². The number of benzene rings is 2. The zero-order valence-electron chi connectivity index (χ0n) is 21.5. The van der Waals surface area contributed by atoms with Crippen LogP contribution in [0.5, 0.6) is 0 Å². The number of ether oxygens (including phenoxy) is 2. The first-order chi connectivity index (χ1) is 18.5. The number of urea groups is 1. The minimum absolute atomic E-state index is 0.0786. The van der Waals surface area contributed by atoms with Gasteiger partial charge in [0.05, 0.1) is 24.8 Å². The van der Waals surface area contributed by atoms with Crippen molar-refractivity contribution in [3.8, 4) is 0 Å². The van der Waals surface area contributed by atoms with Gasteiger partial charge in [0, 0.05) is 30.3 Å². The molecule has 1 saturated heterocycles. The number of carbonyl (C=O) groups is 3. The fourth-order valence-corrected chi connectivity index (χ4v) is 4.97. The minimum atomic E-state index is -0.416. The fourth-order valence-electron chi connectivity index (χ4n) is 4.25. The van der Waals surface area contributed by atoms with Gasteiger partial charge in [0.1, 0.15) is 6.54 Å². The average Bonchev–Trinajstić information content (AvgIpc) is 3.64. The third-order valence-corrected chi connectivity index (χ3v) is 7.07. The van der Waals surface area contributed by atoms with Crippen LogP contribution in [0.4, 0.5) is 10.5 Å². The van der Waals surface area contributed by atoms with E-state index in [2.05, 4.69) is 5.32 Å². The molecule has 38 heavy (non-hydrogen) atoms. The van der Waals surface area contributed by atoms with E-state index in [9.17, 15) is 14.4 Å². The van der Waals surface area contributed by atoms with E-state index in [4.69, 9.17) is 9.47 Å². The molecule has 1 fully saturated rings. The standard InChI is InChI=1S/C29H33N3O5S/c1-2-36-28(34)23-12-14-24(15-13-23)30-29(35)32(19-25-10-6-16-37-25)21-27(33)31(20-26-11-7-17-38-26)18-22-8-4-3-5-9-22/h3-5,7-9,11-15,17,25H,2,6,10,16,18-21H2,1H3,(H,30,35). The van der Waals surface area contributed by atoms with Gasteiger partial charge in [-0.15, -0.1) is 11.3 Å². The summed E-state index contributed by atoms with van der Waals surface area (Å²) in [5.41, 5.74) is 1.95. The lowest BCUT2D eigenvalue weighted by Crippen LogP contribution is -2.46. The zero-order valence-corrected chi connectivity index (χ0v) is 22.3. The van der Waals surface area contributed by atoms with Crippen LogP contribution in [0, 0.1) is 0 Å². The van der Waals surface area contributed by atoms with Crippen molar-refractivity contribution in [2.24, 2.45) is 0 Å². The maximum atomic E-state index is 13.6. The molecule has 0 aliphatic carbocycles. The first-order valence-electron chi connectivity index (χ1n) is 12.8. The molecule has 0 spiro atoms. The molecular weight excluding hydrogens is 502 g/mol. The maximum Gasteiger partial charge on any atom is 0.338 e. The van der Waals surface area contributed by atoms with Gasteiger partial charge < -0.3 is 24.6 Å². The Morgan fingerprint density at radius 2 is 1.79 bits per heavy atom. The molecule has 0 bridgehead atoms. The number of esters is 1. The highest BCUT2D eigenvalue weighted by atomic mass is 32.1. The molecule has 2 aromatic carbocycles. The van der Waals surface area contributed by atoms with Gasteiger partial charge in [-0.2, -0.15) is 0 Å². The average molecular weight is 536 g/mol. The van der Waals surface area contributed by atoms with E-state index >= 15 is 0 Å². The summed E-state index contributed by atoms with van der Waals surface area (Å²) < 4.78 is 10.8. The summed E-state index contributed by atoms with van der Waals surface area (Å²) in [5, 5.41) is 4.86. The van der Waals surface area contributed by atoms with Crippen molar-refractivity contribution in [2.75, 3.05) is 31.6 Å². The maximum absolute atomic E-state index is 13.6. The molecule has 1 N–H and O–H groups in total. The van der Waals surface area contributed by atoms with Crippen molar-refractivity contribution in [3.63, 3.8) is 0 Å². The largest absolute Gasteiger partial charge is 0.462 e. The number of carbonyl (C=O) groups excluding carboxylic acids is 3. The fraction of sp³-hybridized carbons (Fsp3) is 0.345. The van der Waals surface area contributed by atoms with Crippen LogP contribution in [0.15, 0.2) is 72.1 Å². The second-order valence-electron chi connectivity index (χ2n) is 9.06. The van der Waals surface area contributed by atoms with E-state index in [-0.39, 0.29) is 25.2 Å². The Balaban J connectivity index is 1.47. The molecule has 200 valence electrons. The van der Waals surface area contributed by atoms with Crippen LogP contribution >= 0.6 is 11.3 Å². The summed E-state index contributed by atoms with van der Waals surface area (Å²) in [6.45, 7) is 3.84. The molecule has 3 amide bonds. The molecular formula is C29H33N3O5S. The van der Waals surface area contributed by atoms with Gasteiger partial charge in [0.2, 0.25) is 5.91 Å². The molecule has 9 heteroatoms. The molecule has 0 radical (unpaired) electrons. The molecule has 1 aliphatic heterocycles. The summed E-state index contributed by atoms with van der Waals surface area (Å²) in [4.78, 5) is 43.3. The van der Waals surface area contributed by atoms with E-state index in [0.29, 0.717) is 37.5 Å². The first kappa shape index (κ1) is 27.3. The number of rotatable bonds is 11. The SMILES string of the molecule is CCOC(=O)c1ccc(NC(=O)N(CC(=O)N(Cc2ccccc2)Cc2cccs2)CC2CCCO2)cc1. The summed E-state index contributed by atoms with van der Waals surface area (Å²) in [6.07, 6.45) is 1.66. The summed E-state index contributed by atoms with van der Waals surface area (Å²) in [5.74, 6) is -0.562. The summed E-state index contributed by atoms with van der Waals surface area (Å²) >= 11 is 1.60. The Morgan fingerprint density at radius 3 is 2.45 bits per heavy atom. The van der Waals surface area contributed by atoms with Crippen LogP contribution in [0.2, 0.25) is 0 Å². The van der Waals surface area contributed by atoms with Crippen LogP contribution < -0.4 is 5.32 Å². The highest BCUT2D eigenvalue weighted by molar-refractivity contribution is 7.09. The lowest BCUT2D eigenvalue weighted by atomic mass is 10.2. The number of nitrogens with zero attached hydrogens (tertiary/aromatic N) is 2. The molecule has 3 aromatic rings. The molecule has 1 atom stereocenters. The highest BCUT2D eigenvalue weighted by Gasteiger charge is 2.27. The lowest BCUT2D eigenvalue weighted by Gasteiger charge is -2.29. The predicted octanol–water partition coefficient (Wildman–Crippen LogP) is 5.17. The van der Waals surface area contributed by atoms with Crippen molar-refractivity contribution >= 4 is 34.9 Å². The number of nitrogens with one attached hydrogen (secondary N) is 1. The lowest BCUT2D eigenvalue weighted by molar-refractivity contribution is -0.133. The predicted molar refractivity (Wildman–Crippen MR) is 147 cm³/mol. The third kappa shape index (κ3) is 7.90. The third-order valence-electron chi connectivity index (χ3n) is 6.20.